The van der Waals surface area contributed by atoms with Gasteiger partial charge < -0.3 is 11.1 Å². The Morgan fingerprint density at radius 3 is 2.60 bits per heavy atom. The lowest BCUT2D eigenvalue weighted by atomic mass is 10.1. The molecule has 2 rings (SSSR count). The van der Waals surface area contributed by atoms with Crippen molar-refractivity contribution in [1.29, 1.82) is 0 Å². The zero-order valence-electron chi connectivity index (χ0n) is 10.5. The fraction of sp³-hybridized carbons (Fsp3) is 0.231. The molecule has 106 valence electrons. The third-order valence-electron chi connectivity index (χ3n) is 2.68. The van der Waals surface area contributed by atoms with Gasteiger partial charge in [0.15, 0.2) is 0 Å². The number of benzene rings is 1. The Morgan fingerprint density at radius 2 is 2.00 bits per heavy atom. The van der Waals surface area contributed by atoms with Crippen molar-refractivity contribution in [3.8, 4) is 0 Å². The Kier molecular flexibility index (Phi) is 4.29. The lowest BCUT2D eigenvalue weighted by Gasteiger charge is -2.15. The monoisotopic (exact) mass is 280 g/mol. The zero-order valence-corrected chi connectivity index (χ0v) is 10.5. The van der Waals surface area contributed by atoms with Crippen molar-refractivity contribution in [2.75, 3.05) is 5.32 Å². The summed E-state index contributed by atoms with van der Waals surface area (Å²) in [7, 11) is 0. The van der Waals surface area contributed by atoms with Crippen LogP contribution in [-0.4, -0.2) is 22.1 Å². The third kappa shape index (κ3) is 3.53. The first-order valence-electron chi connectivity index (χ1n) is 5.98. The standard InChI is InChI=1S/C13H14F2N4O/c14-10(15)8-19-7-6-11(18-19)17-12(13(16)20)9-4-2-1-3-5-9/h1-7,10,12H,8H2,(H2,16,20)(H,17,18). The SMILES string of the molecule is NC(=O)C(Nc1ccn(CC(F)F)n1)c1ccccc1. The number of halogens is 2. The van der Waals surface area contributed by atoms with E-state index >= 15 is 0 Å². The molecule has 1 unspecified atom stereocenters. The first-order valence-corrected chi connectivity index (χ1v) is 5.98. The van der Waals surface area contributed by atoms with Crippen LogP contribution in [0.1, 0.15) is 11.6 Å². The van der Waals surface area contributed by atoms with Gasteiger partial charge in [-0.3, -0.25) is 9.48 Å². The number of aromatic nitrogens is 2. The van der Waals surface area contributed by atoms with Crippen molar-refractivity contribution in [1.82, 2.24) is 9.78 Å². The van der Waals surface area contributed by atoms with Gasteiger partial charge in [-0.15, -0.1) is 0 Å². The van der Waals surface area contributed by atoms with E-state index < -0.39 is 24.9 Å². The van der Waals surface area contributed by atoms with E-state index in [-0.39, 0.29) is 0 Å². The Morgan fingerprint density at radius 1 is 1.30 bits per heavy atom. The molecule has 1 aromatic carbocycles. The van der Waals surface area contributed by atoms with Gasteiger partial charge in [0.1, 0.15) is 18.4 Å². The quantitative estimate of drug-likeness (QED) is 0.847. The first-order chi connectivity index (χ1) is 9.56. The van der Waals surface area contributed by atoms with Gasteiger partial charge in [0.2, 0.25) is 5.91 Å². The fourth-order valence-corrected chi connectivity index (χ4v) is 1.79. The second-order valence-corrected chi connectivity index (χ2v) is 4.20. The summed E-state index contributed by atoms with van der Waals surface area (Å²) in [6.07, 6.45) is -1.07. The molecule has 5 nitrogen and oxygen atoms in total. The van der Waals surface area contributed by atoms with E-state index in [4.69, 9.17) is 5.73 Å². The molecule has 7 heteroatoms. The van der Waals surface area contributed by atoms with Crippen molar-refractivity contribution < 1.29 is 13.6 Å². The van der Waals surface area contributed by atoms with Crippen molar-refractivity contribution >= 4 is 11.7 Å². The van der Waals surface area contributed by atoms with Crippen molar-refractivity contribution in [3.63, 3.8) is 0 Å². The molecule has 1 heterocycles. The summed E-state index contributed by atoms with van der Waals surface area (Å²) < 4.78 is 25.6. The van der Waals surface area contributed by atoms with Crippen LogP contribution < -0.4 is 11.1 Å². The summed E-state index contributed by atoms with van der Waals surface area (Å²) in [6, 6.07) is 9.63. The number of rotatable bonds is 6. The van der Waals surface area contributed by atoms with Gasteiger partial charge in [0.25, 0.3) is 6.43 Å². The molecule has 0 radical (unpaired) electrons. The largest absolute Gasteiger partial charge is 0.368 e. The number of nitrogens with two attached hydrogens (primary N) is 1. The number of hydrogen-bond acceptors (Lipinski definition) is 3. The van der Waals surface area contributed by atoms with Gasteiger partial charge in [0, 0.05) is 12.3 Å². The minimum absolute atomic E-state index is 0.318. The van der Waals surface area contributed by atoms with Crippen LogP contribution in [0.2, 0.25) is 0 Å². The van der Waals surface area contributed by atoms with Gasteiger partial charge >= 0.3 is 0 Å². The van der Waals surface area contributed by atoms with Gasteiger partial charge in [-0.25, -0.2) is 8.78 Å². The molecular weight excluding hydrogens is 266 g/mol. The van der Waals surface area contributed by atoms with Crippen molar-refractivity contribution in [3.05, 3.63) is 48.2 Å². The van der Waals surface area contributed by atoms with Crippen LogP contribution in [0, 0.1) is 0 Å². The molecule has 1 amide bonds. The predicted octanol–water partition coefficient (Wildman–Crippen LogP) is 1.79. The average Bonchev–Trinajstić information content (AvgIpc) is 2.83. The number of nitrogens with zero attached hydrogens (tertiary/aromatic N) is 2. The number of amides is 1. The maximum atomic E-state index is 12.2. The molecule has 0 aliphatic rings. The maximum absolute atomic E-state index is 12.2. The Bertz CT molecular complexity index is 571. The number of primary amides is 1. The topological polar surface area (TPSA) is 72.9 Å². The lowest BCUT2D eigenvalue weighted by molar-refractivity contribution is -0.118. The summed E-state index contributed by atoms with van der Waals surface area (Å²) in [6.45, 7) is -0.492. The Balaban J connectivity index is 2.13. The maximum Gasteiger partial charge on any atom is 0.257 e. The summed E-state index contributed by atoms with van der Waals surface area (Å²) in [5, 5.41) is 6.75. The van der Waals surface area contributed by atoms with Gasteiger partial charge in [-0.2, -0.15) is 5.10 Å². The average molecular weight is 280 g/mol. The normalized spacial score (nSPS) is 12.3. The summed E-state index contributed by atoms with van der Waals surface area (Å²) in [4.78, 5) is 11.5. The summed E-state index contributed by atoms with van der Waals surface area (Å²) in [5.74, 6) is -0.252. The summed E-state index contributed by atoms with van der Waals surface area (Å²) >= 11 is 0. The molecule has 1 aromatic heterocycles. The molecule has 1 atom stereocenters. The number of carbonyl (C=O) groups is 1. The van der Waals surface area contributed by atoms with E-state index in [2.05, 4.69) is 10.4 Å². The van der Waals surface area contributed by atoms with Crippen LogP contribution in [0.3, 0.4) is 0 Å². The van der Waals surface area contributed by atoms with Crippen molar-refractivity contribution in [2.45, 2.75) is 19.0 Å². The highest BCUT2D eigenvalue weighted by molar-refractivity contribution is 5.84. The van der Waals surface area contributed by atoms with E-state index in [0.717, 1.165) is 4.68 Å². The molecule has 0 aliphatic heterocycles. The molecule has 0 bridgehead atoms. The van der Waals surface area contributed by atoms with Gasteiger partial charge in [-0.1, -0.05) is 30.3 Å². The van der Waals surface area contributed by atoms with E-state index in [0.29, 0.717) is 11.4 Å². The van der Waals surface area contributed by atoms with Crippen LogP contribution in [-0.2, 0) is 11.3 Å². The Labute approximate surface area is 114 Å². The second-order valence-electron chi connectivity index (χ2n) is 4.20. The molecule has 3 N–H and O–H groups in total. The number of nitrogens with one attached hydrogen (secondary N) is 1. The van der Waals surface area contributed by atoms with Crippen LogP contribution >= 0.6 is 0 Å². The lowest BCUT2D eigenvalue weighted by Crippen LogP contribution is -2.27. The van der Waals surface area contributed by atoms with E-state index in [9.17, 15) is 13.6 Å². The van der Waals surface area contributed by atoms with Gasteiger partial charge in [-0.05, 0) is 5.56 Å². The van der Waals surface area contributed by atoms with Crippen LogP contribution in [0.5, 0.6) is 0 Å². The third-order valence-corrected chi connectivity index (χ3v) is 2.68. The highest BCUT2D eigenvalue weighted by Gasteiger charge is 2.18. The Hall–Kier alpha value is -2.44. The second kappa shape index (κ2) is 6.14. The molecule has 0 saturated carbocycles. The van der Waals surface area contributed by atoms with Crippen molar-refractivity contribution in [2.24, 2.45) is 5.73 Å². The molecule has 0 spiro atoms. The number of anilines is 1. The minimum atomic E-state index is -2.48. The highest BCUT2D eigenvalue weighted by Crippen LogP contribution is 2.18. The van der Waals surface area contributed by atoms with Gasteiger partial charge in [0.05, 0.1) is 0 Å². The minimum Gasteiger partial charge on any atom is -0.368 e. The van der Waals surface area contributed by atoms with E-state index in [1.54, 1.807) is 24.3 Å². The smallest absolute Gasteiger partial charge is 0.257 e. The van der Waals surface area contributed by atoms with Crippen LogP contribution in [0.15, 0.2) is 42.6 Å². The first kappa shape index (κ1) is 14.0. The molecule has 0 fully saturated rings. The number of carbonyl (C=O) groups excluding carboxylic acids is 1. The molecule has 2 aromatic rings. The fourth-order valence-electron chi connectivity index (χ4n) is 1.79. The summed E-state index contributed by atoms with van der Waals surface area (Å²) in [5.41, 5.74) is 6.03. The van der Waals surface area contributed by atoms with E-state index in [1.807, 2.05) is 6.07 Å². The molecular formula is C13H14F2N4O. The van der Waals surface area contributed by atoms with Crippen LogP contribution in [0.25, 0.3) is 0 Å². The molecule has 20 heavy (non-hydrogen) atoms. The highest BCUT2D eigenvalue weighted by atomic mass is 19.3. The van der Waals surface area contributed by atoms with Crippen LogP contribution in [0.4, 0.5) is 14.6 Å². The number of hydrogen-bond donors (Lipinski definition) is 2. The molecule has 0 aliphatic carbocycles. The number of alkyl halides is 2. The zero-order chi connectivity index (χ0) is 14.5. The predicted molar refractivity (Wildman–Crippen MR) is 70.2 cm³/mol. The molecule has 0 saturated heterocycles. The van der Waals surface area contributed by atoms with E-state index in [1.165, 1.54) is 12.3 Å².